The third-order valence-electron chi connectivity index (χ3n) is 2.95. The maximum atomic E-state index is 5.07. The minimum absolute atomic E-state index is 0.0503. The Labute approximate surface area is 72.6 Å². The van der Waals surface area contributed by atoms with E-state index in [0.29, 0.717) is 12.5 Å². The van der Waals surface area contributed by atoms with Crippen molar-refractivity contribution in [2.45, 2.75) is 13.8 Å². The quantitative estimate of drug-likeness (QED) is 0.536. The minimum Gasteiger partial charge on any atom is -0.395 e. The maximum absolute atomic E-state index is 5.07. The molecule has 2 aliphatic rings. The van der Waals surface area contributed by atoms with E-state index in [2.05, 4.69) is 37.2 Å². The second-order valence-electron chi connectivity index (χ2n) is 3.57. The molecule has 1 aliphatic carbocycles. The van der Waals surface area contributed by atoms with Crippen LogP contribution in [0.1, 0.15) is 13.8 Å². The van der Waals surface area contributed by atoms with Crippen LogP contribution in [0, 0.1) is 11.3 Å². The van der Waals surface area contributed by atoms with Crippen LogP contribution in [0.4, 0.5) is 0 Å². The Bertz CT molecular complexity index is 278. The summed E-state index contributed by atoms with van der Waals surface area (Å²) >= 11 is 0. The first kappa shape index (κ1) is 7.59. The number of rotatable bonds is 0. The first-order chi connectivity index (χ1) is 5.76. The first-order valence-corrected chi connectivity index (χ1v) is 4.28. The number of hydrogen-bond acceptors (Lipinski definition) is 2. The highest BCUT2D eigenvalue weighted by Crippen LogP contribution is 2.40. The summed E-state index contributed by atoms with van der Waals surface area (Å²) in [5, 5.41) is 3.86. The van der Waals surface area contributed by atoms with E-state index < -0.39 is 0 Å². The van der Waals surface area contributed by atoms with Crippen LogP contribution >= 0.6 is 0 Å². The van der Waals surface area contributed by atoms with E-state index in [1.807, 2.05) is 6.21 Å². The van der Waals surface area contributed by atoms with Crippen molar-refractivity contribution in [3.05, 3.63) is 23.8 Å². The molecule has 0 radical (unpaired) electrons. The van der Waals surface area contributed by atoms with E-state index in [0.717, 1.165) is 0 Å². The molecular weight excluding hydrogens is 150 g/mol. The van der Waals surface area contributed by atoms with E-state index in [1.54, 1.807) is 0 Å². The van der Waals surface area contributed by atoms with Crippen LogP contribution in [-0.4, -0.2) is 12.8 Å². The molecule has 2 heteroatoms. The van der Waals surface area contributed by atoms with Gasteiger partial charge in [-0.05, 0) is 12.8 Å². The molecule has 1 spiro atoms. The zero-order valence-corrected chi connectivity index (χ0v) is 7.45. The van der Waals surface area contributed by atoms with Crippen LogP contribution in [-0.2, 0) is 4.84 Å². The van der Waals surface area contributed by atoms with Gasteiger partial charge >= 0.3 is 0 Å². The lowest BCUT2D eigenvalue weighted by Gasteiger charge is -2.32. The SMILES string of the molecule is CC1=CC=CC(C)C12C=NOC2. The lowest BCUT2D eigenvalue weighted by atomic mass is 9.70. The fourth-order valence-electron chi connectivity index (χ4n) is 1.83. The van der Waals surface area contributed by atoms with Crippen molar-refractivity contribution in [2.24, 2.45) is 16.5 Å². The van der Waals surface area contributed by atoms with Gasteiger partial charge in [0.1, 0.15) is 6.61 Å². The summed E-state index contributed by atoms with van der Waals surface area (Å²) < 4.78 is 0. The topological polar surface area (TPSA) is 21.6 Å². The van der Waals surface area contributed by atoms with E-state index in [9.17, 15) is 0 Å². The van der Waals surface area contributed by atoms with Gasteiger partial charge in [-0.15, -0.1) is 0 Å². The molecule has 2 nitrogen and oxygen atoms in total. The number of hydrogen-bond donors (Lipinski definition) is 0. The van der Waals surface area contributed by atoms with Gasteiger partial charge in [-0.3, -0.25) is 0 Å². The Hall–Kier alpha value is -1.05. The summed E-state index contributed by atoms with van der Waals surface area (Å²) in [6, 6.07) is 0. The van der Waals surface area contributed by atoms with Gasteiger partial charge in [0.05, 0.1) is 11.6 Å². The van der Waals surface area contributed by atoms with Crippen LogP contribution in [0.5, 0.6) is 0 Å². The summed E-state index contributed by atoms with van der Waals surface area (Å²) in [4.78, 5) is 5.07. The molecule has 0 aromatic rings. The smallest absolute Gasteiger partial charge is 0.132 e. The Kier molecular flexibility index (Phi) is 1.56. The molecule has 64 valence electrons. The summed E-state index contributed by atoms with van der Waals surface area (Å²) in [6.45, 7) is 5.04. The monoisotopic (exact) mass is 163 g/mol. The van der Waals surface area contributed by atoms with Crippen LogP contribution in [0.25, 0.3) is 0 Å². The molecule has 2 rings (SSSR count). The molecule has 0 saturated carbocycles. The van der Waals surface area contributed by atoms with Gasteiger partial charge in [-0.1, -0.05) is 35.9 Å². The van der Waals surface area contributed by atoms with Crippen LogP contribution in [0.3, 0.4) is 0 Å². The predicted molar refractivity (Wildman–Crippen MR) is 48.9 cm³/mol. The molecule has 2 atom stereocenters. The van der Waals surface area contributed by atoms with Gasteiger partial charge in [-0.2, -0.15) is 0 Å². The largest absolute Gasteiger partial charge is 0.395 e. The van der Waals surface area contributed by atoms with Gasteiger partial charge < -0.3 is 4.84 Å². The highest BCUT2D eigenvalue weighted by atomic mass is 16.6. The molecule has 0 fully saturated rings. The molecule has 0 saturated heterocycles. The summed E-state index contributed by atoms with van der Waals surface area (Å²) in [5.41, 5.74) is 1.40. The molecule has 0 aromatic heterocycles. The highest BCUT2D eigenvalue weighted by molar-refractivity contribution is 5.73. The van der Waals surface area contributed by atoms with E-state index in [4.69, 9.17) is 4.84 Å². The van der Waals surface area contributed by atoms with E-state index in [-0.39, 0.29) is 5.41 Å². The number of nitrogens with zero attached hydrogens (tertiary/aromatic N) is 1. The van der Waals surface area contributed by atoms with Crippen LogP contribution < -0.4 is 0 Å². The van der Waals surface area contributed by atoms with Crippen molar-refractivity contribution >= 4 is 6.21 Å². The lowest BCUT2D eigenvalue weighted by molar-refractivity contribution is 0.118. The van der Waals surface area contributed by atoms with Gasteiger partial charge in [0.15, 0.2) is 0 Å². The van der Waals surface area contributed by atoms with Crippen molar-refractivity contribution in [1.29, 1.82) is 0 Å². The standard InChI is InChI=1S/C10H13NO/c1-8-4-3-5-9(2)10(8)6-11-12-7-10/h3-6,8H,7H2,1-2H3. The van der Waals surface area contributed by atoms with Crippen molar-refractivity contribution in [3.63, 3.8) is 0 Å². The average molecular weight is 163 g/mol. The maximum Gasteiger partial charge on any atom is 0.132 e. The van der Waals surface area contributed by atoms with E-state index >= 15 is 0 Å². The summed E-state index contributed by atoms with van der Waals surface area (Å²) in [7, 11) is 0. The van der Waals surface area contributed by atoms with Gasteiger partial charge in [0.25, 0.3) is 0 Å². The molecule has 0 aromatic carbocycles. The second kappa shape index (κ2) is 2.47. The fourth-order valence-corrected chi connectivity index (χ4v) is 1.83. The van der Waals surface area contributed by atoms with Crippen molar-refractivity contribution in [1.82, 2.24) is 0 Å². The zero-order valence-electron chi connectivity index (χ0n) is 7.45. The van der Waals surface area contributed by atoms with Crippen molar-refractivity contribution in [2.75, 3.05) is 6.61 Å². The molecule has 0 bridgehead atoms. The first-order valence-electron chi connectivity index (χ1n) is 4.28. The second-order valence-corrected chi connectivity index (χ2v) is 3.57. The summed E-state index contributed by atoms with van der Waals surface area (Å²) in [6.07, 6.45) is 8.39. The number of allylic oxidation sites excluding steroid dienone is 3. The molecule has 0 amide bonds. The van der Waals surface area contributed by atoms with Crippen molar-refractivity contribution < 1.29 is 4.84 Å². The Morgan fingerprint density at radius 1 is 1.67 bits per heavy atom. The number of oxime groups is 1. The van der Waals surface area contributed by atoms with Crippen LogP contribution in [0.2, 0.25) is 0 Å². The highest BCUT2D eigenvalue weighted by Gasteiger charge is 2.40. The van der Waals surface area contributed by atoms with E-state index in [1.165, 1.54) is 5.57 Å². The van der Waals surface area contributed by atoms with Gasteiger partial charge in [-0.25, -0.2) is 0 Å². The average Bonchev–Trinajstić information content (AvgIpc) is 2.50. The minimum atomic E-state index is 0.0503. The van der Waals surface area contributed by atoms with Gasteiger partial charge in [0.2, 0.25) is 0 Å². The zero-order chi connectivity index (χ0) is 8.60. The normalized spacial score (nSPS) is 38.5. The Balaban J connectivity index is 2.40. The third kappa shape index (κ3) is 0.840. The van der Waals surface area contributed by atoms with Crippen molar-refractivity contribution in [3.8, 4) is 0 Å². The Morgan fingerprint density at radius 2 is 2.50 bits per heavy atom. The fraction of sp³-hybridized carbons (Fsp3) is 0.500. The summed E-state index contributed by atoms with van der Waals surface area (Å²) in [5.74, 6) is 0.494. The predicted octanol–water partition coefficient (Wildman–Crippen LogP) is 2.14. The molecule has 1 aliphatic heterocycles. The molecule has 2 unspecified atom stereocenters. The molecule has 12 heavy (non-hydrogen) atoms. The van der Waals surface area contributed by atoms with Gasteiger partial charge in [0, 0.05) is 0 Å². The molecule has 0 N–H and O–H groups in total. The molecule has 1 heterocycles. The molecular formula is C10H13NO. The van der Waals surface area contributed by atoms with Crippen LogP contribution in [0.15, 0.2) is 29.0 Å². The third-order valence-corrected chi connectivity index (χ3v) is 2.95. The Morgan fingerprint density at radius 3 is 3.08 bits per heavy atom. The lowest BCUT2D eigenvalue weighted by Crippen LogP contribution is -2.33.